The number of likely N-dealkylation sites (tertiary alicyclic amines) is 1. The highest BCUT2D eigenvalue weighted by molar-refractivity contribution is 5.82. The van der Waals surface area contributed by atoms with E-state index in [4.69, 9.17) is 5.11 Å². The van der Waals surface area contributed by atoms with E-state index in [-0.39, 0.29) is 24.4 Å². The van der Waals surface area contributed by atoms with E-state index >= 15 is 0 Å². The zero-order valence-corrected chi connectivity index (χ0v) is 16.5. The molecule has 1 aromatic rings. The topological polar surface area (TPSA) is 77.9 Å². The Hall–Kier alpha value is -2.37. The van der Waals surface area contributed by atoms with Crippen molar-refractivity contribution >= 4 is 17.8 Å². The first-order valence-corrected chi connectivity index (χ1v) is 9.53. The lowest BCUT2D eigenvalue weighted by Gasteiger charge is -2.32. The van der Waals surface area contributed by atoms with Crippen LogP contribution in [0.2, 0.25) is 0 Å². The van der Waals surface area contributed by atoms with Gasteiger partial charge in [0.25, 0.3) is 0 Å². The molecule has 1 atom stereocenters. The zero-order valence-electron chi connectivity index (χ0n) is 16.5. The van der Waals surface area contributed by atoms with Crippen molar-refractivity contribution in [3.63, 3.8) is 0 Å². The fourth-order valence-electron chi connectivity index (χ4n) is 3.85. The van der Waals surface area contributed by atoms with Crippen molar-refractivity contribution in [2.24, 2.45) is 5.41 Å². The molecule has 27 heavy (non-hydrogen) atoms. The van der Waals surface area contributed by atoms with Crippen molar-refractivity contribution < 1.29 is 19.5 Å². The normalized spacial score (nSPS) is 17.9. The Morgan fingerprint density at radius 3 is 2.41 bits per heavy atom. The lowest BCUT2D eigenvalue weighted by molar-refractivity contribution is -0.145. The minimum atomic E-state index is -1.01. The average molecular weight is 374 g/mol. The Morgan fingerprint density at radius 1 is 1.15 bits per heavy atom. The standard InChI is InChI=1S/C21H30N2O4/c1-16(24)23(15-19(25)26)18-10-7-12-22(13-11-18)20(27)21(2,3)14-17-8-5-4-6-9-17/h4-6,8-9,18H,7,10-15H2,1-3H3,(H,25,26). The summed E-state index contributed by atoms with van der Waals surface area (Å²) in [6.45, 7) is 6.25. The highest BCUT2D eigenvalue weighted by atomic mass is 16.4. The second kappa shape index (κ2) is 9.02. The molecule has 1 unspecified atom stereocenters. The molecule has 0 aromatic heterocycles. The fourth-order valence-corrected chi connectivity index (χ4v) is 3.85. The van der Waals surface area contributed by atoms with Crippen molar-refractivity contribution in [3.05, 3.63) is 35.9 Å². The number of nitrogens with zero attached hydrogens (tertiary/aromatic N) is 2. The third-order valence-corrected chi connectivity index (χ3v) is 5.20. The van der Waals surface area contributed by atoms with Crippen LogP contribution in [0.25, 0.3) is 0 Å². The summed E-state index contributed by atoms with van der Waals surface area (Å²) in [6, 6.07) is 9.85. The molecule has 1 aromatic carbocycles. The molecule has 2 amide bonds. The third kappa shape index (κ3) is 5.81. The van der Waals surface area contributed by atoms with Crippen molar-refractivity contribution in [2.45, 2.75) is 52.5 Å². The Kier molecular flexibility index (Phi) is 6.99. The molecule has 6 nitrogen and oxygen atoms in total. The first kappa shape index (κ1) is 20.9. The van der Waals surface area contributed by atoms with Crippen molar-refractivity contribution in [2.75, 3.05) is 19.6 Å². The second-order valence-corrected chi connectivity index (χ2v) is 7.96. The maximum absolute atomic E-state index is 13.1. The summed E-state index contributed by atoms with van der Waals surface area (Å²) in [4.78, 5) is 39.3. The van der Waals surface area contributed by atoms with Gasteiger partial charge >= 0.3 is 5.97 Å². The second-order valence-electron chi connectivity index (χ2n) is 7.96. The number of carboxylic acids is 1. The van der Waals surface area contributed by atoms with E-state index in [1.807, 2.05) is 49.1 Å². The molecule has 0 saturated carbocycles. The number of carbonyl (C=O) groups excluding carboxylic acids is 2. The van der Waals surface area contributed by atoms with E-state index in [2.05, 4.69) is 0 Å². The first-order valence-electron chi connectivity index (χ1n) is 9.53. The summed E-state index contributed by atoms with van der Waals surface area (Å²) < 4.78 is 0. The van der Waals surface area contributed by atoms with Crippen LogP contribution in [-0.2, 0) is 20.8 Å². The van der Waals surface area contributed by atoms with Gasteiger partial charge in [-0.2, -0.15) is 0 Å². The molecule has 1 aliphatic rings. The van der Waals surface area contributed by atoms with Crippen LogP contribution in [0, 0.1) is 5.41 Å². The smallest absolute Gasteiger partial charge is 0.323 e. The number of aliphatic carboxylic acids is 1. The van der Waals surface area contributed by atoms with Gasteiger partial charge in [0.05, 0.1) is 0 Å². The number of hydrogen-bond donors (Lipinski definition) is 1. The quantitative estimate of drug-likeness (QED) is 0.830. The number of hydrogen-bond acceptors (Lipinski definition) is 3. The molecule has 0 aliphatic carbocycles. The molecule has 1 N–H and O–H groups in total. The summed E-state index contributed by atoms with van der Waals surface area (Å²) in [7, 11) is 0. The minimum Gasteiger partial charge on any atom is -0.480 e. The van der Waals surface area contributed by atoms with Gasteiger partial charge in [-0.1, -0.05) is 44.2 Å². The van der Waals surface area contributed by atoms with Crippen molar-refractivity contribution in [1.29, 1.82) is 0 Å². The molecular formula is C21H30N2O4. The summed E-state index contributed by atoms with van der Waals surface area (Å²) in [5.74, 6) is -1.13. The molecule has 1 aliphatic heterocycles. The fraction of sp³-hybridized carbons (Fsp3) is 0.571. The number of benzene rings is 1. The maximum atomic E-state index is 13.1. The van der Waals surface area contributed by atoms with Crippen LogP contribution < -0.4 is 0 Å². The van der Waals surface area contributed by atoms with Gasteiger partial charge < -0.3 is 14.9 Å². The summed E-state index contributed by atoms with van der Waals surface area (Å²) >= 11 is 0. The highest BCUT2D eigenvalue weighted by Crippen LogP contribution is 2.27. The summed E-state index contributed by atoms with van der Waals surface area (Å²) in [6.07, 6.45) is 2.77. The molecule has 1 heterocycles. The van der Waals surface area contributed by atoms with E-state index in [9.17, 15) is 14.4 Å². The molecular weight excluding hydrogens is 344 g/mol. The average Bonchev–Trinajstić information content (AvgIpc) is 2.85. The van der Waals surface area contributed by atoms with Crippen LogP contribution in [0.4, 0.5) is 0 Å². The molecule has 0 bridgehead atoms. The Bertz CT molecular complexity index is 672. The monoisotopic (exact) mass is 374 g/mol. The maximum Gasteiger partial charge on any atom is 0.323 e. The lowest BCUT2D eigenvalue weighted by Crippen LogP contribution is -2.44. The van der Waals surface area contributed by atoms with Gasteiger partial charge in [0.2, 0.25) is 11.8 Å². The highest BCUT2D eigenvalue weighted by Gasteiger charge is 2.34. The first-order chi connectivity index (χ1) is 12.7. The SMILES string of the molecule is CC(=O)N(CC(=O)O)C1CCCN(C(=O)C(C)(C)Cc2ccccc2)CC1. The molecule has 1 saturated heterocycles. The minimum absolute atomic E-state index is 0.111. The van der Waals surface area contributed by atoms with Crippen LogP contribution in [0.3, 0.4) is 0 Å². The molecule has 1 fully saturated rings. The predicted molar refractivity (Wildman–Crippen MR) is 103 cm³/mol. The lowest BCUT2D eigenvalue weighted by atomic mass is 9.84. The number of amides is 2. The van der Waals surface area contributed by atoms with E-state index in [0.29, 0.717) is 25.9 Å². The molecule has 0 radical (unpaired) electrons. The van der Waals surface area contributed by atoms with E-state index in [1.54, 1.807) is 0 Å². The van der Waals surface area contributed by atoms with Crippen LogP contribution in [0.15, 0.2) is 30.3 Å². The van der Waals surface area contributed by atoms with Gasteiger partial charge in [-0.15, -0.1) is 0 Å². The van der Waals surface area contributed by atoms with Gasteiger partial charge in [0.15, 0.2) is 0 Å². The molecule has 2 rings (SSSR count). The number of carbonyl (C=O) groups is 3. The van der Waals surface area contributed by atoms with E-state index < -0.39 is 11.4 Å². The predicted octanol–water partition coefficient (Wildman–Crippen LogP) is 2.57. The van der Waals surface area contributed by atoms with Gasteiger partial charge in [-0.25, -0.2) is 0 Å². The van der Waals surface area contributed by atoms with Crippen LogP contribution >= 0.6 is 0 Å². The van der Waals surface area contributed by atoms with Gasteiger partial charge in [0.1, 0.15) is 6.54 Å². The largest absolute Gasteiger partial charge is 0.480 e. The van der Waals surface area contributed by atoms with Crippen LogP contribution in [0.1, 0.15) is 45.6 Å². The summed E-state index contributed by atoms with van der Waals surface area (Å²) in [5.41, 5.74) is 0.621. The molecule has 0 spiro atoms. The van der Waals surface area contributed by atoms with E-state index in [0.717, 1.165) is 18.4 Å². The van der Waals surface area contributed by atoms with Gasteiger partial charge in [-0.3, -0.25) is 14.4 Å². The number of carboxylic acid groups (broad SMARTS) is 1. The van der Waals surface area contributed by atoms with Crippen molar-refractivity contribution in [3.8, 4) is 0 Å². The molecule has 148 valence electrons. The Morgan fingerprint density at radius 2 is 1.81 bits per heavy atom. The van der Waals surface area contributed by atoms with Gasteiger partial charge in [0, 0.05) is 31.5 Å². The van der Waals surface area contributed by atoms with Crippen LogP contribution in [-0.4, -0.2) is 58.4 Å². The van der Waals surface area contributed by atoms with Crippen molar-refractivity contribution in [1.82, 2.24) is 9.80 Å². The number of rotatable bonds is 6. The third-order valence-electron chi connectivity index (χ3n) is 5.20. The van der Waals surface area contributed by atoms with E-state index in [1.165, 1.54) is 11.8 Å². The Balaban J connectivity index is 2.02. The van der Waals surface area contributed by atoms with Crippen LogP contribution in [0.5, 0.6) is 0 Å². The zero-order chi connectivity index (χ0) is 20.0. The Labute approximate surface area is 161 Å². The summed E-state index contributed by atoms with van der Waals surface area (Å²) in [5, 5.41) is 9.06. The van der Waals surface area contributed by atoms with Gasteiger partial charge in [-0.05, 0) is 31.2 Å². The molecule has 6 heteroatoms.